The number of hydrogen-bond donors (Lipinski definition) is 0. The molecule has 0 fully saturated rings. The third-order valence-corrected chi connectivity index (χ3v) is 18.7. The highest BCUT2D eigenvalue weighted by molar-refractivity contribution is 7.77. The van der Waals surface area contributed by atoms with Crippen molar-refractivity contribution in [1.29, 1.82) is 0 Å². The largest absolute Gasteiger partial charge is 0.0622 e. The van der Waals surface area contributed by atoms with Crippen LogP contribution < -0.4 is 21.2 Å². The monoisotopic (exact) mass is 778 g/mol. The highest BCUT2D eigenvalue weighted by atomic mass is 31.1. The summed E-state index contributed by atoms with van der Waals surface area (Å²) in [4.78, 5) is 0. The van der Waals surface area contributed by atoms with Crippen molar-refractivity contribution in [2.75, 3.05) is 0 Å². The molecule has 0 radical (unpaired) electrons. The van der Waals surface area contributed by atoms with Crippen molar-refractivity contribution < 1.29 is 0 Å². The molecule has 1 unspecified atom stereocenters. The zero-order valence-corrected chi connectivity index (χ0v) is 34.4. The van der Waals surface area contributed by atoms with Crippen LogP contribution in [-0.4, -0.2) is 5.16 Å². The predicted octanol–water partition coefficient (Wildman–Crippen LogP) is 12.3. The molecule has 4 aliphatic carbocycles. The Hall–Kier alpha value is -5.64. The standard InChI is InChI=1S/C56H44P2/c1-56(58(43-28-10-4-11-29-43)44-30-12-5-13-31-44,53-45-32-16-14-22-39(45)38-40-23-15-17-33-46(40)53)54-51-47-34-18-20-36-49(47)52(50-37-21-19-35-48(50)51)55(54)57(41-24-6-2-7-25-41)42-26-8-3-9-27-42/h2-37,51-53H,38H2,1H3. The second kappa shape index (κ2) is 14.6. The molecule has 8 aromatic rings. The molecule has 4 aliphatic rings. The number of benzene rings is 8. The fourth-order valence-electron chi connectivity index (χ4n) is 10.9. The molecule has 0 spiro atoms. The lowest BCUT2D eigenvalue weighted by Gasteiger charge is -2.56. The van der Waals surface area contributed by atoms with Crippen molar-refractivity contribution in [3.8, 4) is 0 Å². The van der Waals surface area contributed by atoms with Crippen LogP contribution in [0.4, 0.5) is 0 Å². The van der Waals surface area contributed by atoms with Crippen LogP contribution in [0, 0.1) is 0 Å². The van der Waals surface area contributed by atoms with Crippen LogP contribution in [-0.2, 0) is 6.42 Å². The van der Waals surface area contributed by atoms with E-state index in [0.29, 0.717) is 0 Å². The van der Waals surface area contributed by atoms with Crippen LogP contribution in [0.25, 0.3) is 0 Å². The molecule has 0 aliphatic heterocycles. The Balaban J connectivity index is 1.36. The van der Waals surface area contributed by atoms with E-state index in [0.717, 1.165) is 6.42 Å². The maximum absolute atomic E-state index is 2.72. The Morgan fingerprint density at radius 1 is 0.362 bits per heavy atom. The highest BCUT2D eigenvalue weighted by Gasteiger charge is 2.57. The van der Waals surface area contributed by atoms with E-state index in [1.54, 1.807) is 10.9 Å². The minimum atomic E-state index is -1.02. The van der Waals surface area contributed by atoms with E-state index in [1.807, 2.05) is 0 Å². The lowest BCUT2D eigenvalue weighted by Crippen LogP contribution is -2.47. The molecular weight excluding hydrogens is 735 g/mol. The fourth-order valence-corrected chi connectivity index (χ4v) is 17.2. The Labute approximate surface area is 345 Å². The van der Waals surface area contributed by atoms with Gasteiger partial charge in [-0.25, -0.2) is 0 Å². The summed E-state index contributed by atoms with van der Waals surface area (Å²) in [5.74, 6) is 0.316. The number of allylic oxidation sites excluding steroid dienone is 2. The zero-order chi connectivity index (χ0) is 38.6. The Morgan fingerprint density at radius 2 is 0.690 bits per heavy atom. The molecule has 0 heterocycles. The first kappa shape index (κ1) is 35.5. The summed E-state index contributed by atoms with van der Waals surface area (Å²) in [6, 6.07) is 84.0. The van der Waals surface area contributed by atoms with Gasteiger partial charge in [-0.2, -0.15) is 0 Å². The molecular formula is C56H44P2. The second-order valence-corrected chi connectivity index (χ2v) is 20.9. The molecule has 0 aromatic heterocycles. The summed E-state index contributed by atoms with van der Waals surface area (Å²) in [5, 5.41) is 6.91. The van der Waals surface area contributed by atoms with E-state index in [1.165, 1.54) is 65.7 Å². The third kappa shape index (κ3) is 5.57. The van der Waals surface area contributed by atoms with Crippen molar-refractivity contribution in [3.63, 3.8) is 0 Å². The van der Waals surface area contributed by atoms with Crippen molar-refractivity contribution in [2.24, 2.45) is 0 Å². The van der Waals surface area contributed by atoms with Crippen LogP contribution in [0.3, 0.4) is 0 Å². The van der Waals surface area contributed by atoms with Gasteiger partial charge in [0.25, 0.3) is 0 Å². The first-order chi connectivity index (χ1) is 28.7. The lowest BCUT2D eigenvalue weighted by molar-refractivity contribution is 0.562. The van der Waals surface area contributed by atoms with Crippen LogP contribution in [0.15, 0.2) is 229 Å². The fraction of sp³-hybridized carbons (Fsp3) is 0.107. The summed E-state index contributed by atoms with van der Waals surface area (Å²) in [5.41, 5.74) is 13.4. The average molecular weight is 779 g/mol. The molecule has 0 amide bonds. The predicted molar refractivity (Wildman–Crippen MR) is 248 cm³/mol. The van der Waals surface area contributed by atoms with Gasteiger partial charge in [-0.15, -0.1) is 0 Å². The van der Waals surface area contributed by atoms with Gasteiger partial charge in [0.05, 0.1) is 0 Å². The van der Waals surface area contributed by atoms with Crippen LogP contribution >= 0.6 is 15.8 Å². The molecule has 0 nitrogen and oxygen atoms in total. The van der Waals surface area contributed by atoms with Gasteiger partial charge in [-0.3, -0.25) is 0 Å². The van der Waals surface area contributed by atoms with Crippen molar-refractivity contribution in [3.05, 3.63) is 274 Å². The Morgan fingerprint density at radius 3 is 1.10 bits per heavy atom. The molecule has 278 valence electrons. The zero-order valence-electron chi connectivity index (χ0n) is 32.6. The molecule has 8 aromatic carbocycles. The summed E-state index contributed by atoms with van der Waals surface area (Å²) in [7, 11) is -1.98. The van der Waals surface area contributed by atoms with E-state index in [2.05, 4.69) is 225 Å². The molecule has 58 heavy (non-hydrogen) atoms. The van der Waals surface area contributed by atoms with Gasteiger partial charge in [0.2, 0.25) is 0 Å². The van der Waals surface area contributed by atoms with Crippen molar-refractivity contribution in [1.82, 2.24) is 0 Å². The van der Waals surface area contributed by atoms with Crippen LogP contribution in [0.5, 0.6) is 0 Å². The Kier molecular flexibility index (Phi) is 8.96. The normalized spacial score (nSPS) is 17.6. The second-order valence-electron chi connectivity index (χ2n) is 16.1. The minimum Gasteiger partial charge on any atom is -0.0622 e. The minimum absolute atomic E-state index is 0.0912. The average Bonchev–Trinajstić information content (AvgIpc) is 3.29. The van der Waals surface area contributed by atoms with E-state index >= 15 is 0 Å². The van der Waals surface area contributed by atoms with Gasteiger partial charge < -0.3 is 0 Å². The van der Waals surface area contributed by atoms with E-state index in [4.69, 9.17) is 0 Å². The van der Waals surface area contributed by atoms with E-state index in [-0.39, 0.29) is 22.9 Å². The van der Waals surface area contributed by atoms with Gasteiger partial charge in [0.15, 0.2) is 0 Å². The number of hydrogen-bond acceptors (Lipinski definition) is 0. The first-order valence-electron chi connectivity index (χ1n) is 20.6. The van der Waals surface area contributed by atoms with Crippen LogP contribution in [0.2, 0.25) is 0 Å². The van der Waals surface area contributed by atoms with Gasteiger partial charge in [0.1, 0.15) is 0 Å². The smallest absolute Gasteiger partial charge is 0.0357 e. The topological polar surface area (TPSA) is 0 Å². The molecule has 2 bridgehead atoms. The molecule has 0 N–H and O–H groups in total. The molecule has 12 rings (SSSR count). The maximum Gasteiger partial charge on any atom is 0.0357 e. The molecule has 0 saturated heterocycles. The highest BCUT2D eigenvalue weighted by Crippen LogP contribution is 2.73. The third-order valence-electron chi connectivity index (χ3n) is 13.1. The van der Waals surface area contributed by atoms with E-state index in [9.17, 15) is 0 Å². The van der Waals surface area contributed by atoms with Gasteiger partial charge in [-0.05, 0) is 98.9 Å². The molecule has 1 atom stereocenters. The van der Waals surface area contributed by atoms with Gasteiger partial charge >= 0.3 is 0 Å². The summed E-state index contributed by atoms with van der Waals surface area (Å²) in [6.45, 7) is 2.72. The van der Waals surface area contributed by atoms with Crippen LogP contribution in [0.1, 0.15) is 69.2 Å². The van der Waals surface area contributed by atoms with E-state index < -0.39 is 15.8 Å². The molecule has 2 heteroatoms. The SMILES string of the molecule is CC(C1=C(P(c2ccccc2)c2ccccc2)C2c3ccccc3C1c1ccccc12)(C1c2ccccc2Cc2ccccc21)P(c1ccccc1)c1ccccc1. The van der Waals surface area contributed by atoms with Crippen molar-refractivity contribution >= 4 is 37.1 Å². The first-order valence-corrected chi connectivity index (χ1v) is 23.3. The number of rotatable bonds is 8. The Bertz CT molecular complexity index is 2620. The lowest BCUT2D eigenvalue weighted by atomic mass is 9.58. The molecule has 0 saturated carbocycles. The van der Waals surface area contributed by atoms with Gasteiger partial charge in [0, 0.05) is 22.9 Å². The summed E-state index contributed by atoms with van der Waals surface area (Å²) in [6.07, 6.45) is 0.956. The number of fused-ring (bicyclic) bond motifs is 2. The van der Waals surface area contributed by atoms with Crippen molar-refractivity contribution in [2.45, 2.75) is 36.3 Å². The summed E-state index contributed by atoms with van der Waals surface area (Å²) < 4.78 is 0. The summed E-state index contributed by atoms with van der Waals surface area (Å²) >= 11 is 0. The maximum atomic E-state index is 2.72. The quantitative estimate of drug-likeness (QED) is 0.135. The van der Waals surface area contributed by atoms with Gasteiger partial charge in [-0.1, -0.05) is 225 Å².